The third kappa shape index (κ3) is 3.97. The second-order valence-corrected chi connectivity index (χ2v) is 8.51. The molecule has 2 nitrogen and oxygen atoms in total. The first-order valence-corrected chi connectivity index (χ1v) is 10.3. The van der Waals surface area contributed by atoms with E-state index in [0.717, 1.165) is 27.1 Å². The predicted octanol–water partition coefficient (Wildman–Crippen LogP) is 6.45. The Kier molecular flexibility index (Phi) is 5.73. The van der Waals surface area contributed by atoms with Gasteiger partial charge in [0.25, 0.3) is 0 Å². The van der Waals surface area contributed by atoms with Crippen LogP contribution in [0.15, 0.2) is 57.9 Å². The molecule has 4 heteroatoms. The zero-order valence-electron chi connectivity index (χ0n) is 15.5. The third-order valence-corrected chi connectivity index (χ3v) is 6.20. The van der Waals surface area contributed by atoms with Gasteiger partial charge in [-0.15, -0.1) is 11.8 Å². The summed E-state index contributed by atoms with van der Waals surface area (Å²) in [6.07, 6.45) is 0. The lowest BCUT2D eigenvalue weighted by atomic mass is 10.2. The number of hydrogen-bond donors (Lipinski definition) is 0. The molecule has 3 aromatic rings. The van der Waals surface area contributed by atoms with E-state index in [9.17, 15) is 4.79 Å². The van der Waals surface area contributed by atoms with Gasteiger partial charge in [-0.25, -0.2) is 0 Å². The van der Waals surface area contributed by atoms with Crippen molar-refractivity contribution >= 4 is 33.5 Å². The quantitative estimate of drug-likeness (QED) is 0.344. The highest BCUT2D eigenvalue weighted by molar-refractivity contribution is 9.10. The fourth-order valence-corrected chi connectivity index (χ4v) is 4.39. The van der Waals surface area contributed by atoms with Gasteiger partial charge in [-0.2, -0.15) is 0 Å². The minimum absolute atomic E-state index is 0.173. The number of thioether (sulfide) groups is 1. The first kappa shape index (κ1) is 19.0. The summed E-state index contributed by atoms with van der Waals surface area (Å²) < 4.78 is 3.19. The van der Waals surface area contributed by atoms with E-state index < -0.39 is 0 Å². The number of hydrogen-bond acceptors (Lipinski definition) is 2. The molecule has 0 amide bonds. The van der Waals surface area contributed by atoms with Crippen molar-refractivity contribution in [2.75, 3.05) is 5.75 Å². The standard InChI is InChI=1S/C22H22BrNOS/c1-14-5-6-15(2)22(11-14)26-13-21(25)20-12-16(3)24(17(20)4)19-9-7-18(23)8-10-19/h5-12H,13H2,1-4H3. The van der Waals surface area contributed by atoms with E-state index in [0.29, 0.717) is 5.75 Å². The highest BCUT2D eigenvalue weighted by Gasteiger charge is 2.17. The average molecular weight is 428 g/mol. The maximum absolute atomic E-state index is 12.8. The van der Waals surface area contributed by atoms with Crippen molar-refractivity contribution in [1.82, 2.24) is 4.57 Å². The maximum atomic E-state index is 12.8. The van der Waals surface area contributed by atoms with Crippen LogP contribution < -0.4 is 0 Å². The third-order valence-electron chi connectivity index (χ3n) is 4.52. The Labute approximate surface area is 167 Å². The summed E-state index contributed by atoms with van der Waals surface area (Å²) in [5.74, 6) is 0.627. The van der Waals surface area contributed by atoms with Crippen LogP contribution in [0.3, 0.4) is 0 Å². The number of nitrogens with zero attached hydrogens (tertiary/aromatic N) is 1. The number of aryl methyl sites for hydroxylation is 3. The summed E-state index contributed by atoms with van der Waals surface area (Å²) in [6.45, 7) is 8.23. The molecule has 1 aromatic heterocycles. The van der Waals surface area contributed by atoms with Gasteiger partial charge in [-0.05, 0) is 69.7 Å². The first-order chi connectivity index (χ1) is 12.4. The molecule has 0 unspecified atom stereocenters. The van der Waals surface area contributed by atoms with Crippen LogP contribution in [0, 0.1) is 27.7 Å². The lowest BCUT2D eigenvalue weighted by Gasteiger charge is -2.10. The topological polar surface area (TPSA) is 22.0 Å². The smallest absolute Gasteiger partial charge is 0.174 e. The van der Waals surface area contributed by atoms with Crippen LogP contribution in [0.1, 0.15) is 32.9 Å². The summed E-state index contributed by atoms with van der Waals surface area (Å²) >= 11 is 5.09. The predicted molar refractivity (Wildman–Crippen MR) is 114 cm³/mol. The molecule has 3 rings (SSSR count). The van der Waals surface area contributed by atoms with Crippen LogP contribution >= 0.6 is 27.7 Å². The lowest BCUT2D eigenvalue weighted by molar-refractivity contribution is 0.102. The van der Waals surface area contributed by atoms with Gasteiger partial charge in [-0.3, -0.25) is 4.79 Å². The molecule has 2 aromatic carbocycles. The SMILES string of the molecule is Cc1ccc(C)c(SCC(=O)c2cc(C)n(-c3ccc(Br)cc3)c2C)c1. The molecule has 0 saturated carbocycles. The second kappa shape index (κ2) is 7.85. The number of rotatable bonds is 5. The van der Waals surface area contributed by atoms with Gasteiger partial charge in [0.05, 0.1) is 5.75 Å². The van der Waals surface area contributed by atoms with Crippen molar-refractivity contribution in [3.05, 3.63) is 81.1 Å². The fraction of sp³-hybridized carbons (Fsp3) is 0.227. The van der Waals surface area contributed by atoms with E-state index in [2.05, 4.69) is 64.7 Å². The Morgan fingerprint density at radius 3 is 2.38 bits per heavy atom. The summed E-state index contributed by atoms with van der Waals surface area (Å²) in [5.41, 5.74) is 6.39. The van der Waals surface area contributed by atoms with Gasteiger partial charge in [0.2, 0.25) is 0 Å². The molecule has 0 spiro atoms. The molecule has 1 heterocycles. The van der Waals surface area contributed by atoms with Crippen LogP contribution in [0.25, 0.3) is 5.69 Å². The van der Waals surface area contributed by atoms with Gasteiger partial charge < -0.3 is 4.57 Å². The molecule has 0 aliphatic carbocycles. The molecule has 0 radical (unpaired) electrons. The Balaban J connectivity index is 1.83. The molecule has 0 fully saturated rings. The van der Waals surface area contributed by atoms with E-state index in [1.54, 1.807) is 11.8 Å². The summed E-state index contributed by atoms with van der Waals surface area (Å²) in [7, 11) is 0. The van der Waals surface area contributed by atoms with Crippen molar-refractivity contribution in [2.45, 2.75) is 32.6 Å². The number of benzene rings is 2. The maximum Gasteiger partial charge on any atom is 0.174 e. The number of carbonyl (C=O) groups is 1. The fourth-order valence-electron chi connectivity index (χ4n) is 3.12. The summed E-state index contributed by atoms with van der Waals surface area (Å²) in [4.78, 5) is 14.0. The Morgan fingerprint density at radius 1 is 1.00 bits per heavy atom. The van der Waals surface area contributed by atoms with E-state index in [1.165, 1.54) is 16.0 Å². The summed E-state index contributed by atoms with van der Waals surface area (Å²) in [6, 6.07) is 16.5. The van der Waals surface area contributed by atoms with Crippen LogP contribution in [0.5, 0.6) is 0 Å². The van der Waals surface area contributed by atoms with Crippen molar-refractivity contribution in [3.8, 4) is 5.69 Å². The largest absolute Gasteiger partial charge is 0.318 e. The van der Waals surface area contributed by atoms with Gasteiger partial charge in [0, 0.05) is 32.0 Å². The van der Waals surface area contributed by atoms with Gasteiger partial charge in [0.1, 0.15) is 0 Å². The highest BCUT2D eigenvalue weighted by atomic mass is 79.9. The van der Waals surface area contributed by atoms with Crippen molar-refractivity contribution in [2.24, 2.45) is 0 Å². The number of ketones is 1. The molecule has 0 saturated heterocycles. The molecule has 0 bridgehead atoms. The van der Waals surface area contributed by atoms with E-state index in [4.69, 9.17) is 0 Å². The number of aromatic nitrogens is 1. The Hall–Kier alpha value is -1.78. The molecular weight excluding hydrogens is 406 g/mol. The van der Waals surface area contributed by atoms with Crippen molar-refractivity contribution in [1.29, 1.82) is 0 Å². The zero-order valence-corrected chi connectivity index (χ0v) is 17.9. The molecule has 0 N–H and O–H groups in total. The lowest BCUT2D eigenvalue weighted by Crippen LogP contribution is -2.05. The number of Topliss-reactive ketones (excluding diaryl/α,β-unsaturated/α-hetero) is 1. The van der Waals surface area contributed by atoms with Gasteiger partial charge >= 0.3 is 0 Å². The summed E-state index contributed by atoms with van der Waals surface area (Å²) in [5, 5.41) is 0. The molecular formula is C22H22BrNOS. The molecule has 0 aliphatic rings. The minimum Gasteiger partial charge on any atom is -0.318 e. The van der Waals surface area contributed by atoms with Crippen LogP contribution in [0.4, 0.5) is 0 Å². The van der Waals surface area contributed by atoms with E-state index >= 15 is 0 Å². The molecule has 0 atom stereocenters. The number of halogens is 1. The molecule has 0 aliphatic heterocycles. The van der Waals surface area contributed by atoms with Crippen molar-refractivity contribution in [3.63, 3.8) is 0 Å². The highest BCUT2D eigenvalue weighted by Crippen LogP contribution is 2.27. The second-order valence-electron chi connectivity index (χ2n) is 6.58. The molecule has 134 valence electrons. The van der Waals surface area contributed by atoms with E-state index in [1.807, 2.05) is 32.0 Å². The van der Waals surface area contributed by atoms with Crippen LogP contribution in [0.2, 0.25) is 0 Å². The van der Waals surface area contributed by atoms with Gasteiger partial charge in [0.15, 0.2) is 5.78 Å². The first-order valence-electron chi connectivity index (χ1n) is 8.55. The monoisotopic (exact) mass is 427 g/mol. The molecule has 26 heavy (non-hydrogen) atoms. The normalized spacial score (nSPS) is 11.0. The average Bonchev–Trinajstić information content (AvgIpc) is 2.91. The number of carbonyl (C=O) groups excluding carboxylic acids is 1. The Bertz CT molecular complexity index is 957. The van der Waals surface area contributed by atoms with E-state index in [-0.39, 0.29) is 5.78 Å². The van der Waals surface area contributed by atoms with Crippen LogP contribution in [-0.2, 0) is 0 Å². The zero-order chi connectivity index (χ0) is 18.8. The Morgan fingerprint density at radius 2 is 1.69 bits per heavy atom. The van der Waals surface area contributed by atoms with Crippen molar-refractivity contribution < 1.29 is 4.79 Å². The van der Waals surface area contributed by atoms with Gasteiger partial charge in [-0.1, -0.05) is 33.6 Å². The van der Waals surface area contributed by atoms with Crippen LogP contribution in [-0.4, -0.2) is 16.1 Å². The minimum atomic E-state index is 0.173.